The lowest BCUT2D eigenvalue weighted by molar-refractivity contribution is 0.0529. The van der Waals surface area contributed by atoms with Crippen LogP contribution in [0.1, 0.15) is 26.3 Å². The fourth-order valence-electron chi connectivity index (χ4n) is 2.51. The number of fused-ring (bicyclic) bond motifs is 1. The van der Waals surface area contributed by atoms with E-state index < -0.39 is 11.7 Å². The third-order valence-electron chi connectivity index (χ3n) is 3.67. The molecule has 0 aliphatic carbocycles. The molecule has 0 saturated carbocycles. The molecule has 156 valence electrons. The summed E-state index contributed by atoms with van der Waals surface area (Å²) >= 11 is 6.26. The van der Waals surface area contributed by atoms with Gasteiger partial charge in [-0.2, -0.15) is 0 Å². The molecule has 1 aromatic carbocycles. The molecule has 0 unspecified atom stereocenters. The molecule has 1 aliphatic heterocycles. The molecular weight excluding hydrogens is 384 g/mol. The van der Waals surface area contributed by atoms with Crippen LogP contribution in [0.3, 0.4) is 0 Å². The first-order valence-electron chi connectivity index (χ1n) is 9.28. The van der Waals surface area contributed by atoms with Crippen LogP contribution in [0.25, 0.3) is 0 Å². The van der Waals surface area contributed by atoms with Crippen molar-refractivity contribution in [1.29, 1.82) is 0 Å². The minimum absolute atomic E-state index is 0.424. The van der Waals surface area contributed by atoms with Crippen LogP contribution in [-0.4, -0.2) is 57.5 Å². The van der Waals surface area contributed by atoms with Crippen LogP contribution in [0.2, 0.25) is 5.02 Å². The van der Waals surface area contributed by atoms with Gasteiger partial charge in [0.2, 0.25) is 0 Å². The zero-order valence-electron chi connectivity index (χ0n) is 16.9. The summed E-state index contributed by atoms with van der Waals surface area (Å²) in [6.45, 7) is 8.12. The zero-order valence-corrected chi connectivity index (χ0v) is 17.6. The smallest absolute Gasteiger partial charge is 0.407 e. The molecule has 0 fully saturated rings. The number of halogens is 1. The predicted molar refractivity (Wildman–Crippen MR) is 110 cm³/mol. The molecule has 0 aromatic heterocycles. The van der Waals surface area contributed by atoms with Gasteiger partial charge in [0.15, 0.2) is 17.5 Å². The lowest BCUT2D eigenvalue weighted by Crippen LogP contribution is -2.43. The second kappa shape index (κ2) is 10.3. The van der Waals surface area contributed by atoms with E-state index in [9.17, 15) is 4.79 Å². The van der Waals surface area contributed by atoms with Gasteiger partial charge in [-0.3, -0.25) is 4.99 Å². The van der Waals surface area contributed by atoms with E-state index in [-0.39, 0.29) is 0 Å². The number of nitrogens with one attached hydrogen (secondary N) is 3. The van der Waals surface area contributed by atoms with Gasteiger partial charge in [-0.1, -0.05) is 11.6 Å². The Balaban J connectivity index is 1.70. The van der Waals surface area contributed by atoms with E-state index in [2.05, 4.69) is 20.9 Å². The van der Waals surface area contributed by atoms with Crippen molar-refractivity contribution in [1.82, 2.24) is 16.0 Å². The van der Waals surface area contributed by atoms with Gasteiger partial charge in [-0.25, -0.2) is 4.79 Å². The van der Waals surface area contributed by atoms with Gasteiger partial charge in [-0.15, -0.1) is 0 Å². The Morgan fingerprint density at radius 2 is 1.82 bits per heavy atom. The molecule has 0 spiro atoms. The maximum atomic E-state index is 11.6. The third-order valence-corrected chi connectivity index (χ3v) is 3.95. The number of aliphatic imine (C=N–C) groups is 1. The van der Waals surface area contributed by atoms with Crippen molar-refractivity contribution in [2.24, 2.45) is 4.99 Å². The molecule has 0 bridgehead atoms. The monoisotopic (exact) mass is 412 g/mol. The number of carbonyl (C=O) groups excluding carboxylic acids is 1. The first-order chi connectivity index (χ1) is 13.3. The Hall–Kier alpha value is -2.35. The van der Waals surface area contributed by atoms with E-state index in [0.717, 1.165) is 12.0 Å². The maximum absolute atomic E-state index is 11.6. The van der Waals surface area contributed by atoms with Crippen LogP contribution in [-0.2, 0) is 11.2 Å². The van der Waals surface area contributed by atoms with E-state index in [1.165, 1.54) is 0 Å². The third kappa shape index (κ3) is 7.34. The Bertz CT molecular complexity index is 704. The van der Waals surface area contributed by atoms with Crippen molar-refractivity contribution in [3.63, 3.8) is 0 Å². The van der Waals surface area contributed by atoms with Crippen molar-refractivity contribution >= 4 is 23.7 Å². The summed E-state index contributed by atoms with van der Waals surface area (Å²) in [6, 6.07) is 3.83. The summed E-state index contributed by atoms with van der Waals surface area (Å²) < 4.78 is 16.3. The fourth-order valence-corrected chi connectivity index (χ4v) is 2.80. The summed E-state index contributed by atoms with van der Waals surface area (Å²) in [5.41, 5.74) is 0.537. The largest absolute Gasteiger partial charge is 0.486 e. The highest BCUT2D eigenvalue weighted by molar-refractivity contribution is 6.32. The number of guanidine groups is 1. The Kier molecular flexibility index (Phi) is 8.04. The van der Waals surface area contributed by atoms with Crippen LogP contribution in [0.4, 0.5) is 4.79 Å². The first-order valence-corrected chi connectivity index (χ1v) is 9.65. The standard InChI is InChI=1S/C19H29ClN4O4/c1-19(2,3)28-18(25)24-8-7-23-17(21-4)22-6-5-13-11-14(20)16-15(12-13)26-9-10-27-16/h11-12H,5-10H2,1-4H3,(H,24,25)(H2,21,22,23). The van der Waals surface area contributed by atoms with E-state index in [1.807, 2.05) is 32.9 Å². The molecule has 0 atom stereocenters. The summed E-state index contributed by atoms with van der Waals surface area (Å²) in [7, 11) is 1.69. The molecule has 1 amide bonds. The molecule has 1 heterocycles. The summed E-state index contributed by atoms with van der Waals surface area (Å²) in [5.74, 6) is 1.94. The van der Waals surface area contributed by atoms with Gasteiger partial charge in [0.1, 0.15) is 18.8 Å². The fraction of sp³-hybridized carbons (Fsp3) is 0.579. The highest BCUT2D eigenvalue weighted by atomic mass is 35.5. The van der Waals surface area contributed by atoms with E-state index >= 15 is 0 Å². The highest BCUT2D eigenvalue weighted by Crippen LogP contribution is 2.38. The topological polar surface area (TPSA) is 93.2 Å². The normalized spacial score (nSPS) is 13.7. The number of hydrogen-bond acceptors (Lipinski definition) is 5. The molecule has 1 aliphatic rings. The van der Waals surface area contributed by atoms with E-state index in [4.69, 9.17) is 25.8 Å². The molecule has 2 rings (SSSR count). The number of ether oxygens (including phenoxy) is 3. The number of hydrogen-bond donors (Lipinski definition) is 3. The number of nitrogens with zero attached hydrogens (tertiary/aromatic N) is 1. The van der Waals surface area contributed by atoms with Gasteiger partial charge in [-0.05, 0) is 44.9 Å². The van der Waals surface area contributed by atoms with Crippen molar-refractivity contribution in [2.45, 2.75) is 32.8 Å². The molecule has 28 heavy (non-hydrogen) atoms. The summed E-state index contributed by atoms with van der Waals surface area (Å²) in [5, 5.41) is 9.60. The number of benzene rings is 1. The SMILES string of the molecule is CN=C(NCCNC(=O)OC(C)(C)C)NCCc1cc(Cl)c2c(c1)OCCO2. The van der Waals surface area contributed by atoms with Crippen LogP contribution in [0.15, 0.2) is 17.1 Å². The second-order valence-corrected chi connectivity index (χ2v) is 7.61. The van der Waals surface area contributed by atoms with Crippen molar-refractivity contribution in [3.8, 4) is 11.5 Å². The van der Waals surface area contributed by atoms with Crippen molar-refractivity contribution in [2.75, 3.05) is 39.9 Å². The first kappa shape index (κ1) is 21.9. The molecule has 0 saturated heterocycles. The highest BCUT2D eigenvalue weighted by Gasteiger charge is 2.17. The number of alkyl carbamates (subject to hydrolysis) is 1. The second-order valence-electron chi connectivity index (χ2n) is 7.21. The average Bonchev–Trinajstić information content (AvgIpc) is 2.62. The van der Waals surface area contributed by atoms with Crippen molar-refractivity contribution in [3.05, 3.63) is 22.7 Å². The van der Waals surface area contributed by atoms with Gasteiger partial charge in [0.05, 0.1) is 5.02 Å². The van der Waals surface area contributed by atoms with Gasteiger partial charge in [0.25, 0.3) is 0 Å². The van der Waals surface area contributed by atoms with Gasteiger partial charge < -0.3 is 30.2 Å². The molecule has 9 heteroatoms. The zero-order chi connectivity index (χ0) is 20.6. The molecular formula is C19H29ClN4O4. The molecule has 1 aromatic rings. The van der Waals surface area contributed by atoms with E-state index in [1.54, 1.807) is 7.05 Å². The lowest BCUT2D eigenvalue weighted by atomic mass is 10.1. The Morgan fingerprint density at radius 1 is 1.14 bits per heavy atom. The van der Waals surface area contributed by atoms with Crippen LogP contribution >= 0.6 is 11.6 Å². The van der Waals surface area contributed by atoms with Crippen molar-refractivity contribution < 1.29 is 19.0 Å². The molecule has 0 radical (unpaired) electrons. The van der Waals surface area contributed by atoms with Gasteiger partial charge >= 0.3 is 6.09 Å². The summed E-state index contributed by atoms with van der Waals surface area (Å²) in [6.07, 6.45) is 0.306. The number of amides is 1. The summed E-state index contributed by atoms with van der Waals surface area (Å²) in [4.78, 5) is 15.8. The van der Waals surface area contributed by atoms with Gasteiger partial charge in [0, 0.05) is 26.7 Å². The average molecular weight is 413 g/mol. The predicted octanol–water partition coefficient (Wildman–Crippen LogP) is 2.34. The lowest BCUT2D eigenvalue weighted by Gasteiger charge is -2.20. The minimum atomic E-state index is -0.508. The Labute approximate surface area is 171 Å². The molecule has 8 nitrogen and oxygen atoms in total. The van der Waals surface area contributed by atoms with E-state index in [0.29, 0.717) is 55.3 Å². The van der Waals surface area contributed by atoms with Crippen LogP contribution in [0, 0.1) is 0 Å². The number of rotatable bonds is 6. The van der Waals surface area contributed by atoms with Crippen LogP contribution < -0.4 is 25.4 Å². The molecule has 3 N–H and O–H groups in total. The number of carbonyl (C=O) groups is 1. The quantitative estimate of drug-likeness (QED) is 0.377. The Morgan fingerprint density at radius 3 is 2.54 bits per heavy atom. The maximum Gasteiger partial charge on any atom is 0.407 e. The minimum Gasteiger partial charge on any atom is -0.486 e. The van der Waals surface area contributed by atoms with Crippen LogP contribution in [0.5, 0.6) is 11.5 Å².